The van der Waals surface area contributed by atoms with Gasteiger partial charge in [-0.3, -0.25) is 4.98 Å². The Morgan fingerprint density at radius 1 is 1.15 bits per heavy atom. The van der Waals surface area contributed by atoms with Crippen molar-refractivity contribution in [3.05, 3.63) is 63.4 Å². The summed E-state index contributed by atoms with van der Waals surface area (Å²) >= 11 is 5.45. The second kappa shape index (κ2) is 7.89. The monoisotopic (exact) mass is 427 g/mol. The Bertz CT molecular complexity index is 945. The molecule has 2 atom stereocenters. The van der Waals surface area contributed by atoms with Gasteiger partial charge in [0.05, 0.1) is 17.6 Å². The summed E-state index contributed by atoms with van der Waals surface area (Å²) in [5.74, 6) is 0.660. The molecule has 0 bridgehead atoms. The Labute approximate surface area is 166 Å². The van der Waals surface area contributed by atoms with Gasteiger partial charge in [-0.25, -0.2) is 4.99 Å². The highest BCUT2D eigenvalue weighted by Crippen LogP contribution is 2.38. The fourth-order valence-corrected chi connectivity index (χ4v) is 5.25. The van der Waals surface area contributed by atoms with Crippen LogP contribution < -0.4 is 4.80 Å². The van der Waals surface area contributed by atoms with Crippen LogP contribution in [0.3, 0.4) is 0 Å². The third-order valence-corrected chi connectivity index (χ3v) is 6.69. The van der Waals surface area contributed by atoms with E-state index < -0.39 is 0 Å². The van der Waals surface area contributed by atoms with E-state index in [1.807, 2.05) is 18.3 Å². The molecule has 2 aromatic heterocycles. The van der Waals surface area contributed by atoms with Gasteiger partial charge in [-0.15, -0.1) is 11.3 Å². The molecular weight excluding hydrogens is 406 g/mol. The smallest absolute Gasteiger partial charge is 0.190 e. The van der Waals surface area contributed by atoms with Crippen molar-refractivity contribution in [3.8, 4) is 11.3 Å². The highest BCUT2D eigenvalue weighted by atomic mass is 79.9. The minimum atomic E-state index is 0.493. The van der Waals surface area contributed by atoms with Gasteiger partial charge in [0.1, 0.15) is 0 Å². The molecule has 4 rings (SSSR count). The molecule has 0 amide bonds. The van der Waals surface area contributed by atoms with Crippen LogP contribution in [0.2, 0.25) is 0 Å². The van der Waals surface area contributed by atoms with Crippen molar-refractivity contribution in [3.63, 3.8) is 0 Å². The molecule has 2 heterocycles. The molecule has 0 N–H and O–H groups in total. The maximum atomic E-state index is 4.93. The zero-order chi connectivity index (χ0) is 17.9. The van der Waals surface area contributed by atoms with E-state index in [4.69, 9.17) is 4.99 Å². The Hall–Kier alpha value is -1.72. The number of aromatic nitrogens is 2. The molecule has 1 fully saturated rings. The van der Waals surface area contributed by atoms with Crippen molar-refractivity contribution < 1.29 is 0 Å². The highest BCUT2D eigenvalue weighted by Gasteiger charge is 2.26. The summed E-state index contributed by atoms with van der Waals surface area (Å²) in [7, 11) is 0. The van der Waals surface area contributed by atoms with Crippen molar-refractivity contribution in [1.82, 2.24) is 9.55 Å². The summed E-state index contributed by atoms with van der Waals surface area (Å²) in [6.07, 6.45) is 8.75. The summed E-state index contributed by atoms with van der Waals surface area (Å²) in [6, 6.07) is 12.9. The molecule has 0 saturated heterocycles. The van der Waals surface area contributed by atoms with Crippen molar-refractivity contribution in [1.29, 1.82) is 0 Å². The standard InChI is InChI=1S/C21H22BrN3S/c1-15-7-2-5-11-19(15)25-20(17-9-3-4-10-18(17)22)14-26-21(25)24-16-8-6-12-23-13-16/h3-4,6,8-10,12-15,19H,2,5,7,11H2,1H3. The third kappa shape index (κ3) is 3.55. The first-order valence-electron chi connectivity index (χ1n) is 9.14. The number of thiazole rings is 1. The van der Waals surface area contributed by atoms with Crippen LogP contribution in [-0.2, 0) is 0 Å². The van der Waals surface area contributed by atoms with Crippen molar-refractivity contribution in [2.75, 3.05) is 0 Å². The lowest BCUT2D eigenvalue weighted by Gasteiger charge is -2.31. The van der Waals surface area contributed by atoms with Gasteiger partial charge >= 0.3 is 0 Å². The maximum Gasteiger partial charge on any atom is 0.190 e. The summed E-state index contributed by atoms with van der Waals surface area (Å²) in [6.45, 7) is 2.38. The van der Waals surface area contributed by atoms with Crippen LogP contribution in [0.4, 0.5) is 5.69 Å². The molecule has 3 aromatic rings. The normalized spacial score (nSPS) is 21.1. The van der Waals surface area contributed by atoms with E-state index in [1.165, 1.54) is 36.9 Å². The number of hydrogen-bond acceptors (Lipinski definition) is 3. The van der Waals surface area contributed by atoms with Crippen LogP contribution in [0.25, 0.3) is 11.3 Å². The molecule has 1 aromatic carbocycles. The zero-order valence-corrected chi connectivity index (χ0v) is 17.2. The Balaban J connectivity index is 1.90. The van der Waals surface area contributed by atoms with Crippen LogP contribution in [-0.4, -0.2) is 9.55 Å². The first-order chi connectivity index (χ1) is 12.7. The lowest BCUT2D eigenvalue weighted by molar-refractivity contribution is 0.255. The van der Waals surface area contributed by atoms with Gasteiger partial charge in [0, 0.05) is 27.7 Å². The van der Waals surface area contributed by atoms with Crippen molar-refractivity contribution in [2.45, 2.75) is 38.6 Å². The Morgan fingerprint density at radius 3 is 2.77 bits per heavy atom. The third-order valence-electron chi connectivity index (χ3n) is 5.16. The summed E-state index contributed by atoms with van der Waals surface area (Å²) in [4.78, 5) is 10.2. The fourth-order valence-electron chi connectivity index (χ4n) is 3.80. The van der Waals surface area contributed by atoms with Gasteiger partial charge in [-0.2, -0.15) is 0 Å². The van der Waals surface area contributed by atoms with E-state index in [0.717, 1.165) is 15.0 Å². The number of nitrogens with zero attached hydrogens (tertiary/aromatic N) is 3. The lowest BCUT2D eigenvalue weighted by atomic mass is 9.85. The van der Waals surface area contributed by atoms with Crippen LogP contribution in [0, 0.1) is 5.92 Å². The predicted molar refractivity (Wildman–Crippen MR) is 112 cm³/mol. The number of halogens is 1. The number of benzene rings is 1. The molecule has 1 saturated carbocycles. The average Bonchev–Trinajstić information content (AvgIpc) is 3.06. The summed E-state index contributed by atoms with van der Waals surface area (Å²) < 4.78 is 3.60. The lowest BCUT2D eigenvalue weighted by Crippen LogP contribution is -2.28. The number of hydrogen-bond donors (Lipinski definition) is 0. The number of rotatable bonds is 3. The quantitative estimate of drug-likeness (QED) is 0.478. The Kier molecular flexibility index (Phi) is 5.36. The van der Waals surface area contributed by atoms with Gasteiger partial charge < -0.3 is 4.57 Å². The molecule has 0 spiro atoms. The second-order valence-corrected chi connectivity index (χ2v) is 8.60. The van der Waals surface area contributed by atoms with Gasteiger partial charge in [0.15, 0.2) is 4.80 Å². The van der Waals surface area contributed by atoms with E-state index in [9.17, 15) is 0 Å². The van der Waals surface area contributed by atoms with Crippen molar-refractivity contribution in [2.24, 2.45) is 10.9 Å². The molecule has 1 aliphatic carbocycles. The van der Waals surface area contributed by atoms with Crippen molar-refractivity contribution >= 4 is 33.0 Å². The van der Waals surface area contributed by atoms with E-state index >= 15 is 0 Å². The zero-order valence-electron chi connectivity index (χ0n) is 14.8. The molecule has 26 heavy (non-hydrogen) atoms. The predicted octanol–water partition coefficient (Wildman–Crippen LogP) is 6.36. The van der Waals surface area contributed by atoms with E-state index in [1.54, 1.807) is 17.5 Å². The highest BCUT2D eigenvalue weighted by molar-refractivity contribution is 9.10. The molecule has 2 unspecified atom stereocenters. The molecule has 3 nitrogen and oxygen atoms in total. The second-order valence-electron chi connectivity index (χ2n) is 6.91. The van der Waals surface area contributed by atoms with Crippen LogP contribution in [0.15, 0.2) is 63.6 Å². The van der Waals surface area contributed by atoms with Gasteiger partial charge in [-0.1, -0.05) is 53.9 Å². The van der Waals surface area contributed by atoms with Gasteiger partial charge in [0.25, 0.3) is 0 Å². The minimum Gasteiger partial charge on any atom is -0.313 e. The average molecular weight is 428 g/mol. The largest absolute Gasteiger partial charge is 0.313 e. The molecule has 5 heteroatoms. The molecule has 0 radical (unpaired) electrons. The summed E-state index contributed by atoms with van der Waals surface area (Å²) in [5.41, 5.74) is 3.39. The maximum absolute atomic E-state index is 4.93. The SMILES string of the molecule is CC1CCCCC1n1c(-c2ccccc2Br)csc1=Nc1cccnc1. The Morgan fingerprint density at radius 2 is 2.00 bits per heavy atom. The number of pyridine rings is 1. The van der Waals surface area contributed by atoms with Gasteiger partial charge in [-0.05, 0) is 37.0 Å². The van der Waals surface area contributed by atoms with Crippen LogP contribution in [0.1, 0.15) is 38.6 Å². The molecule has 0 aliphatic heterocycles. The van der Waals surface area contributed by atoms with Gasteiger partial charge in [0.2, 0.25) is 0 Å². The summed E-state index contributed by atoms with van der Waals surface area (Å²) in [5, 5.41) is 2.25. The van der Waals surface area contributed by atoms with Crippen LogP contribution in [0.5, 0.6) is 0 Å². The topological polar surface area (TPSA) is 30.2 Å². The fraction of sp³-hybridized carbons (Fsp3) is 0.333. The molecule has 1 aliphatic rings. The first kappa shape index (κ1) is 17.7. The van der Waals surface area contributed by atoms with E-state index in [0.29, 0.717) is 12.0 Å². The molecular formula is C21H22BrN3S. The molecule has 134 valence electrons. The van der Waals surface area contributed by atoms with E-state index in [-0.39, 0.29) is 0 Å². The first-order valence-corrected chi connectivity index (χ1v) is 10.8. The minimum absolute atomic E-state index is 0.493. The van der Waals surface area contributed by atoms with E-state index in [2.05, 4.69) is 62.1 Å². The van der Waals surface area contributed by atoms with Crippen LogP contribution >= 0.6 is 27.3 Å².